The maximum absolute atomic E-state index is 10.3. The van der Waals surface area contributed by atoms with Gasteiger partial charge in [-0.2, -0.15) is 8.42 Å². The maximum Gasteiger partial charge on any atom is 0.446 e. The van der Waals surface area contributed by atoms with Gasteiger partial charge in [-0.3, -0.25) is 4.55 Å². The van der Waals surface area contributed by atoms with E-state index in [-0.39, 0.29) is 5.75 Å². The van der Waals surface area contributed by atoms with Crippen molar-refractivity contribution in [3.05, 3.63) is 27.1 Å². The molecule has 0 saturated heterocycles. The lowest BCUT2D eigenvalue weighted by molar-refractivity contribution is 0.386. The molecule has 0 unspecified atom stereocenters. The van der Waals surface area contributed by atoms with Gasteiger partial charge in [0.25, 0.3) is 0 Å². The van der Waals surface area contributed by atoms with E-state index < -0.39 is 10.4 Å². The van der Waals surface area contributed by atoms with Gasteiger partial charge in [0.05, 0.1) is 4.47 Å². The molecule has 1 rings (SSSR count). The van der Waals surface area contributed by atoms with Crippen molar-refractivity contribution in [2.24, 2.45) is 0 Å². The molecule has 0 fully saturated rings. The van der Waals surface area contributed by atoms with Crippen molar-refractivity contribution in [3.63, 3.8) is 0 Å². The van der Waals surface area contributed by atoms with E-state index >= 15 is 0 Å². The first-order valence-electron chi connectivity index (χ1n) is 3.00. The highest BCUT2D eigenvalue weighted by atomic mass is 79.9. The van der Waals surface area contributed by atoms with Gasteiger partial charge < -0.3 is 4.18 Å². The first kappa shape index (κ1) is 11.0. The summed E-state index contributed by atoms with van der Waals surface area (Å²) in [7, 11) is -4.46. The first-order chi connectivity index (χ1) is 5.88. The Hall–Kier alpha value is -0.110. The van der Waals surface area contributed by atoms with Crippen molar-refractivity contribution in [1.29, 1.82) is 0 Å². The zero-order valence-corrected chi connectivity index (χ0v) is 10.1. The number of hydrogen-bond acceptors (Lipinski definition) is 3. The summed E-state index contributed by atoms with van der Waals surface area (Å²) in [5.41, 5.74) is 0. The van der Waals surface area contributed by atoms with E-state index in [9.17, 15) is 8.42 Å². The third kappa shape index (κ3) is 3.63. The minimum absolute atomic E-state index is 0.0331. The minimum Gasteiger partial charge on any atom is -0.361 e. The highest BCUT2D eigenvalue weighted by Crippen LogP contribution is 2.28. The van der Waals surface area contributed by atoms with Crippen LogP contribution in [0.4, 0.5) is 0 Å². The summed E-state index contributed by atoms with van der Waals surface area (Å²) in [6.45, 7) is 0. The Labute approximate surface area is 92.1 Å². The number of benzene rings is 1. The molecule has 4 nitrogen and oxygen atoms in total. The van der Waals surface area contributed by atoms with Gasteiger partial charge in [-0.25, -0.2) is 0 Å². The van der Waals surface area contributed by atoms with Crippen LogP contribution in [-0.4, -0.2) is 13.0 Å². The fourth-order valence-corrected chi connectivity index (χ4v) is 2.26. The lowest BCUT2D eigenvalue weighted by Gasteiger charge is -2.03. The Morgan fingerprint density at radius 3 is 2.38 bits per heavy atom. The fraction of sp³-hybridized carbons (Fsp3) is 0. The van der Waals surface area contributed by atoms with Gasteiger partial charge in [0.2, 0.25) is 0 Å². The Morgan fingerprint density at radius 2 is 1.92 bits per heavy atom. The van der Waals surface area contributed by atoms with Gasteiger partial charge in [-0.1, -0.05) is 15.9 Å². The molecule has 0 heterocycles. The highest BCUT2D eigenvalue weighted by Gasteiger charge is 2.09. The van der Waals surface area contributed by atoms with Crippen LogP contribution in [0.3, 0.4) is 0 Å². The molecule has 0 radical (unpaired) electrons. The summed E-state index contributed by atoms with van der Waals surface area (Å²) in [5, 5.41) is 0. The third-order valence-electron chi connectivity index (χ3n) is 1.09. The van der Waals surface area contributed by atoms with Crippen LogP contribution in [0, 0.1) is 0 Å². The molecule has 13 heavy (non-hydrogen) atoms. The fourth-order valence-electron chi connectivity index (χ4n) is 0.656. The highest BCUT2D eigenvalue weighted by molar-refractivity contribution is 9.11. The van der Waals surface area contributed by atoms with E-state index in [1.807, 2.05) is 0 Å². The summed E-state index contributed by atoms with van der Waals surface area (Å²) in [6, 6.07) is 4.59. The standard InChI is InChI=1S/C6H4Br2O4S/c7-4-1-2-6(5(8)3-4)12-13(9,10)11/h1-3H,(H,9,10,11). The minimum atomic E-state index is -4.46. The molecular formula is C6H4Br2O4S. The van der Waals surface area contributed by atoms with Gasteiger partial charge in [0, 0.05) is 4.47 Å². The predicted octanol–water partition coefficient (Wildman–Crippen LogP) is 2.39. The monoisotopic (exact) mass is 330 g/mol. The van der Waals surface area contributed by atoms with Crippen LogP contribution in [-0.2, 0) is 10.4 Å². The summed E-state index contributed by atoms with van der Waals surface area (Å²) in [5.74, 6) is 0.0331. The normalized spacial score (nSPS) is 11.3. The largest absolute Gasteiger partial charge is 0.446 e. The van der Waals surface area contributed by atoms with Crippen LogP contribution < -0.4 is 4.18 Å². The Kier molecular flexibility index (Phi) is 3.33. The van der Waals surface area contributed by atoms with Crippen molar-refractivity contribution in [1.82, 2.24) is 0 Å². The molecular weight excluding hydrogens is 328 g/mol. The summed E-state index contributed by atoms with van der Waals surface area (Å²) < 4.78 is 34.5. The topological polar surface area (TPSA) is 63.6 Å². The molecule has 72 valence electrons. The number of halogens is 2. The van der Waals surface area contributed by atoms with Crippen molar-refractivity contribution >= 4 is 42.3 Å². The smallest absolute Gasteiger partial charge is 0.361 e. The molecule has 0 bridgehead atoms. The molecule has 0 saturated carbocycles. The summed E-state index contributed by atoms with van der Waals surface area (Å²) >= 11 is 6.25. The molecule has 0 aliphatic heterocycles. The second-order valence-corrected chi connectivity index (χ2v) is 4.88. The van der Waals surface area contributed by atoms with E-state index in [1.165, 1.54) is 6.07 Å². The van der Waals surface area contributed by atoms with Crippen molar-refractivity contribution in [3.8, 4) is 5.75 Å². The first-order valence-corrected chi connectivity index (χ1v) is 5.95. The van der Waals surface area contributed by atoms with Crippen LogP contribution >= 0.6 is 31.9 Å². The SMILES string of the molecule is O=S(=O)(O)Oc1ccc(Br)cc1Br. The van der Waals surface area contributed by atoms with Gasteiger partial charge in [0.15, 0.2) is 5.75 Å². The molecule has 7 heteroatoms. The third-order valence-corrected chi connectivity index (χ3v) is 2.59. The van der Waals surface area contributed by atoms with Gasteiger partial charge in [-0.05, 0) is 34.1 Å². The average Bonchev–Trinajstić information content (AvgIpc) is 1.93. The lowest BCUT2D eigenvalue weighted by atomic mass is 10.3. The number of hydrogen-bond donors (Lipinski definition) is 1. The van der Waals surface area contributed by atoms with E-state index in [0.29, 0.717) is 4.47 Å². The van der Waals surface area contributed by atoms with E-state index in [0.717, 1.165) is 4.47 Å². The van der Waals surface area contributed by atoms with E-state index in [2.05, 4.69) is 36.0 Å². The van der Waals surface area contributed by atoms with Gasteiger partial charge in [0.1, 0.15) is 0 Å². The molecule has 1 aromatic carbocycles. The second kappa shape index (κ2) is 3.95. The second-order valence-electron chi connectivity index (χ2n) is 2.09. The Balaban J connectivity index is 3.04. The zero-order valence-electron chi connectivity index (χ0n) is 6.07. The predicted molar refractivity (Wildman–Crippen MR) is 54.0 cm³/mol. The Bertz CT molecular complexity index is 415. The molecule has 1 aromatic rings. The quantitative estimate of drug-likeness (QED) is 0.845. The van der Waals surface area contributed by atoms with Crippen molar-refractivity contribution in [2.45, 2.75) is 0 Å². The maximum atomic E-state index is 10.3. The number of rotatable bonds is 2. The summed E-state index contributed by atoms with van der Waals surface area (Å²) in [6.07, 6.45) is 0. The molecule has 0 aromatic heterocycles. The van der Waals surface area contributed by atoms with Gasteiger partial charge in [-0.15, -0.1) is 0 Å². The van der Waals surface area contributed by atoms with Crippen LogP contribution in [0.1, 0.15) is 0 Å². The van der Waals surface area contributed by atoms with Crippen LogP contribution in [0.25, 0.3) is 0 Å². The molecule has 0 spiro atoms. The molecule has 0 amide bonds. The summed E-state index contributed by atoms with van der Waals surface area (Å²) in [4.78, 5) is 0. The van der Waals surface area contributed by atoms with Crippen LogP contribution in [0.2, 0.25) is 0 Å². The molecule has 1 N–H and O–H groups in total. The van der Waals surface area contributed by atoms with E-state index in [4.69, 9.17) is 4.55 Å². The average molecular weight is 332 g/mol. The van der Waals surface area contributed by atoms with Crippen molar-refractivity contribution in [2.75, 3.05) is 0 Å². The van der Waals surface area contributed by atoms with E-state index in [1.54, 1.807) is 12.1 Å². The lowest BCUT2D eigenvalue weighted by Crippen LogP contribution is -2.06. The van der Waals surface area contributed by atoms with Crippen molar-refractivity contribution < 1.29 is 17.2 Å². The molecule has 0 aliphatic rings. The zero-order chi connectivity index (χ0) is 10.1. The molecule has 0 atom stereocenters. The van der Waals surface area contributed by atoms with Gasteiger partial charge >= 0.3 is 10.4 Å². The van der Waals surface area contributed by atoms with Crippen LogP contribution in [0.5, 0.6) is 5.75 Å². The Morgan fingerprint density at radius 1 is 1.31 bits per heavy atom. The van der Waals surface area contributed by atoms with Crippen LogP contribution in [0.15, 0.2) is 27.1 Å². The molecule has 0 aliphatic carbocycles.